The number of aromatic nitrogens is 6. The normalized spacial score (nSPS) is 14.4. The van der Waals surface area contributed by atoms with Crippen molar-refractivity contribution >= 4 is 79.3 Å². The zero-order valence-electron chi connectivity index (χ0n) is 58.4. The SMILES string of the molecule is COc1cccc(Nc2nc(Nc3ccc(OCCN4CCCC4)cc3)ncc2C)c1.Cc1cnc(Nc2ccc(OCCN3CCCC3)cc2)nc1Nc1cccc(S(=O)(=O)CC(C)(C)C)c1.Cc1cnc(Nc2ccc(OCCN3CCCC3)cc2)nc1Nc1cccc2c1OCO2. The molecule has 6 N–H and O–H groups in total. The molecule has 3 aromatic heterocycles. The van der Waals surface area contributed by atoms with Crippen molar-refractivity contribution in [2.24, 2.45) is 5.41 Å². The minimum Gasteiger partial charge on any atom is -0.497 e. The van der Waals surface area contributed by atoms with Gasteiger partial charge >= 0.3 is 0 Å². The smallest absolute Gasteiger partial charge is 0.231 e. The molecule has 24 heteroatoms. The van der Waals surface area contributed by atoms with Crippen LogP contribution in [0.3, 0.4) is 0 Å². The standard InChI is InChI=1S/C28H37N5O3S.C24H27N5O3.C24H29N5O2/c1-21-19-29-27(31-22-10-12-24(13-11-22)36-17-16-33-14-5-6-15-33)32-26(21)30-23-8-7-9-25(18-23)37(34,35)20-28(2,3)4;1-17-15-25-24(28-23(17)27-20-5-4-6-21-22(20)32-16-31-21)26-18-7-9-19(10-8-18)30-14-13-29-11-2-3-12-29;1-18-17-25-24(28-23(18)26-20-6-5-7-22(16-20)30-2)27-19-8-10-21(11-9-19)31-15-14-29-12-3-4-13-29/h7-13,18-19H,5-6,14-17,20H2,1-4H3,(H2,29,30,31,32);4-10,15H,2-3,11-14,16H2,1H3,(H2,25,26,27,28);5-11,16-17H,3-4,12-15H2,1-2H3,(H2,25,26,27,28). The highest BCUT2D eigenvalue weighted by atomic mass is 32.2. The number of para-hydroxylation sites is 1. The van der Waals surface area contributed by atoms with Crippen molar-refractivity contribution in [3.63, 3.8) is 0 Å². The van der Waals surface area contributed by atoms with Gasteiger partial charge in [0.2, 0.25) is 24.6 Å². The molecule has 0 aliphatic carbocycles. The summed E-state index contributed by atoms with van der Waals surface area (Å²) >= 11 is 0. The van der Waals surface area contributed by atoms with Gasteiger partial charge in [0.25, 0.3) is 0 Å². The fourth-order valence-corrected chi connectivity index (χ4v) is 13.5. The van der Waals surface area contributed by atoms with Crippen LogP contribution in [0.25, 0.3) is 0 Å². The zero-order valence-corrected chi connectivity index (χ0v) is 59.2. The van der Waals surface area contributed by atoms with Gasteiger partial charge in [0.1, 0.15) is 60.3 Å². The van der Waals surface area contributed by atoms with E-state index in [-0.39, 0.29) is 18.0 Å². The van der Waals surface area contributed by atoms with E-state index in [2.05, 4.69) is 76.5 Å². The Balaban J connectivity index is 0.000000152. The van der Waals surface area contributed by atoms with Gasteiger partial charge in [-0.3, -0.25) is 14.7 Å². The second kappa shape index (κ2) is 34.7. The largest absolute Gasteiger partial charge is 0.497 e. The second-order valence-electron chi connectivity index (χ2n) is 26.3. The highest BCUT2D eigenvalue weighted by molar-refractivity contribution is 7.91. The van der Waals surface area contributed by atoms with Gasteiger partial charge in [-0.15, -0.1) is 0 Å². The molecule has 7 heterocycles. The molecule has 9 aromatic rings. The number of hydrogen-bond acceptors (Lipinski definition) is 23. The third kappa shape index (κ3) is 21.5. The first-order valence-corrected chi connectivity index (χ1v) is 36.0. The van der Waals surface area contributed by atoms with Gasteiger partial charge < -0.3 is 60.3 Å². The van der Waals surface area contributed by atoms with Gasteiger partial charge in [0.05, 0.1) is 23.4 Å². The van der Waals surface area contributed by atoms with Crippen LogP contribution in [0.4, 0.5) is 69.4 Å². The molecule has 3 fully saturated rings. The van der Waals surface area contributed by atoms with E-state index < -0.39 is 9.84 Å². The number of anilines is 12. The van der Waals surface area contributed by atoms with Crippen molar-refractivity contribution < 1.29 is 36.8 Å². The van der Waals surface area contributed by atoms with Crippen LogP contribution in [0.2, 0.25) is 0 Å². The van der Waals surface area contributed by atoms with Crippen molar-refractivity contribution in [3.05, 3.63) is 175 Å². The Morgan fingerprint density at radius 3 is 1.27 bits per heavy atom. The van der Waals surface area contributed by atoms with E-state index in [0.717, 1.165) is 99.3 Å². The number of methoxy groups -OCH3 is 1. The fourth-order valence-electron chi connectivity index (χ4n) is 11.6. The predicted octanol–water partition coefficient (Wildman–Crippen LogP) is 14.8. The molecule has 6 aromatic carbocycles. The lowest BCUT2D eigenvalue weighted by Gasteiger charge is -2.18. The second-order valence-corrected chi connectivity index (χ2v) is 28.3. The van der Waals surface area contributed by atoms with Crippen molar-refractivity contribution in [2.45, 2.75) is 85.0 Å². The minimum absolute atomic E-state index is 0.0757. The van der Waals surface area contributed by atoms with Crippen molar-refractivity contribution in [2.75, 3.05) is 130 Å². The average Bonchev–Trinajstić information content (AvgIpc) is 1.30. The highest BCUT2D eigenvalue weighted by Crippen LogP contribution is 2.41. The number of ether oxygens (including phenoxy) is 6. The minimum atomic E-state index is -3.40. The summed E-state index contributed by atoms with van der Waals surface area (Å²) in [5, 5.41) is 19.7. The first-order valence-electron chi connectivity index (χ1n) is 34.4. The molecule has 0 unspecified atom stereocenters. The molecule has 4 aliphatic rings. The lowest BCUT2D eigenvalue weighted by Crippen LogP contribution is -2.25. The third-order valence-electron chi connectivity index (χ3n) is 16.9. The number of benzene rings is 6. The monoisotopic (exact) mass is 1380 g/mol. The number of aryl methyl sites for hydroxylation is 3. The summed E-state index contributed by atoms with van der Waals surface area (Å²) in [4.78, 5) is 34.7. The summed E-state index contributed by atoms with van der Waals surface area (Å²) in [6, 6.07) is 43.8. The van der Waals surface area contributed by atoms with Crippen molar-refractivity contribution in [3.8, 4) is 34.5 Å². The topological polar surface area (TPSA) is 249 Å². The molecule has 0 radical (unpaired) electrons. The van der Waals surface area contributed by atoms with Gasteiger partial charge in [-0.2, -0.15) is 15.0 Å². The quantitative estimate of drug-likeness (QED) is 0.0280. The van der Waals surface area contributed by atoms with Crippen LogP contribution in [0.5, 0.6) is 34.5 Å². The number of nitrogens with one attached hydrogen (secondary N) is 6. The van der Waals surface area contributed by atoms with Crippen LogP contribution < -0.4 is 60.3 Å². The van der Waals surface area contributed by atoms with E-state index in [0.29, 0.717) is 65.6 Å². The maximum atomic E-state index is 12.8. The van der Waals surface area contributed by atoms with E-state index in [4.69, 9.17) is 28.4 Å². The average molecular weight is 1380 g/mol. The molecular weight excluding hydrogens is 1280 g/mol. The first kappa shape index (κ1) is 71.3. The Hall–Kier alpha value is -10.0. The number of likely N-dealkylation sites (tertiary alicyclic amines) is 3. The molecule has 3 saturated heterocycles. The number of nitrogens with zero attached hydrogens (tertiary/aromatic N) is 9. The lowest BCUT2D eigenvalue weighted by molar-refractivity contribution is 0.174. The molecule has 0 saturated carbocycles. The van der Waals surface area contributed by atoms with E-state index in [1.165, 1.54) is 77.8 Å². The predicted molar refractivity (Wildman–Crippen MR) is 396 cm³/mol. The molecule has 0 atom stereocenters. The van der Waals surface area contributed by atoms with Gasteiger partial charge in [0.15, 0.2) is 21.3 Å². The Kier molecular flexibility index (Phi) is 24.7. The van der Waals surface area contributed by atoms with E-state index in [1.807, 2.05) is 163 Å². The summed E-state index contributed by atoms with van der Waals surface area (Å²) in [5.41, 5.74) is 7.40. The lowest BCUT2D eigenvalue weighted by atomic mass is 10.0. The summed E-state index contributed by atoms with van der Waals surface area (Å²) in [6.45, 7) is 23.9. The molecule has 0 bridgehead atoms. The van der Waals surface area contributed by atoms with Crippen LogP contribution in [0.1, 0.15) is 76.0 Å². The van der Waals surface area contributed by atoms with Gasteiger partial charge in [0, 0.05) is 89.4 Å². The molecule has 0 amide bonds. The van der Waals surface area contributed by atoms with Crippen LogP contribution in [0, 0.1) is 26.2 Å². The third-order valence-corrected chi connectivity index (χ3v) is 19.2. The van der Waals surface area contributed by atoms with Crippen LogP contribution in [-0.2, 0) is 9.84 Å². The molecular formula is C76H93N15O8S. The summed E-state index contributed by atoms with van der Waals surface area (Å²) in [5.74, 6) is 8.37. The van der Waals surface area contributed by atoms with E-state index in [1.54, 1.807) is 43.9 Å². The van der Waals surface area contributed by atoms with Crippen LogP contribution in [0.15, 0.2) is 163 Å². The number of fused-ring (bicyclic) bond motifs is 1. The highest BCUT2D eigenvalue weighted by Gasteiger charge is 2.25. The Morgan fingerprint density at radius 1 is 0.450 bits per heavy atom. The van der Waals surface area contributed by atoms with Crippen LogP contribution in [-0.4, -0.2) is 151 Å². The number of rotatable bonds is 27. The molecule has 0 spiro atoms. The number of hydrogen-bond donors (Lipinski definition) is 6. The molecule has 23 nitrogen and oxygen atoms in total. The number of sulfone groups is 1. The van der Waals surface area contributed by atoms with Crippen LogP contribution >= 0.6 is 0 Å². The Bertz CT molecular complexity index is 4210. The van der Waals surface area contributed by atoms with Gasteiger partial charge in [-0.25, -0.2) is 23.4 Å². The zero-order chi connectivity index (χ0) is 69.7. The molecule has 13 rings (SSSR count). The van der Waals surface area contributed by atoms with Gasteiger partial charge in [-0.1, -0.05) is 39.0 Å². The van der Waals surface area contributed by atoms with E-state index in [9.17, 15) is 8.42 Å². The first-order chi connectivity index (χ1) is 48.5. The molecule has 526 valence electrons. The van der Waals surface area contributed by atoms with E-state index >= 15 is 0 Å². The Labute approximate surface area is 587 Å². The van der Waals surface area contributed by atoms with Crippen molar-refractivity contribution in [1.82, 2.24) is 44.6 Å². The summed E-state index contributed by atoms with van der Waals surface area (Å²) in [7, 11) is -1.75. The van der Waals surface area contributed by atoms with Gasteiger partial charge in [-0.05, 0) is 219 Å². The molecule has 100 heavy (non-hydrogen) atoms. The maximum Gasteiger partial charge on any atom is 0.231 e. The Morgan fingerprint density at radius 2 is 0.850 bits per heavy atom. The van der Waals surface area contributed by atoms with Crippen molar-refractivity contribution in [1.29, 1.82) is 0 Å². The molecule has 4 aliphatic heterocycles. The summed E-state index contributed by atoms with van der Waals surface area (Å²) in [6.07, 6.45) is 13.1. The summed E-state index contributed by atoms with van der Waals surface area (Å²) < 4.78 is 59.6. The maximum absolute atomic E-state index is 12.8. The fraction of sp³-hybridized carbons (Fsp3) is 0.368.